The molecule has 0 bridgehead atoms. The number of piperazine rings is 1. The van der Waals surface area contributed by atoms with Crippen LogP contribution in [0.1, 0.15) is 29.4 Å². The third-order valence-electron chi connectivity index (χ3n) is 3.80. The molecule has 1 aliphatic heterocycles. The van der Waals surface area contributed by atoms with Gasteiger partial charge in [-0.1, -0.05) is 19.1 Å². The lowest BCUT2D eigenvalue weighted by Crippen LogP contribution is -2.53. The first-order valence-electron chi connectivity index (χ1n) is 6.78. The van der Waals surface area contributed by atoms with Crippen LogP contribution in [0.25, 0.3) is 0 Å². The van der Waals surface area contributed by atoms with Gasteiger partial charge in [-0.25, -0.2) is 0 Å². The van der Waals surface area contributed by atoms with E-state index in [1.54, 1.807) is 18.3 Å². The minimum absolute atomic E-state index is 0.0222. The van der Waals surface area contributed by atoms with Crippen LogP contribution in [0.3, 0.4) is 0 Å². The number of nitrogens with zero attached hydrogens (tertiary/aromatic N) is 3. The highest BCUT2D eigenvalue weighted by atomic mass is 32.1. The van der Waals surface area contributed by atoms with Crippen LogP contribution in [-0.2, 0) is 0 Å². The minimum Gasteiger partial charge on any atom is -0.389 e. The van der Waals surface area contributed by atoms with E-state index in [4.69, 9.17) is 18.0 Å². The van der Waals surface area contributed by atoms with Gasteiger partial charge in [0.15, 0.2) is 0 Å². The second kappa shape index (κ2) is 6.28. The van der Waals surface area contributed by atoms with Crippen molar-refractivity contribution in [3.63, 3.8) is 0 Å². The molecule has 0 aromatic carbocycles. The maximum absolute atomic E-state index is 12.4. The zero-order valence-electron chi connectivity index (χ0n) is 11.9. The van der Waals surface area contributed by atoms with Crippen LogP contribution in [0.2, 0.25) is 0 Å². The van der Waals surface area contributed by atoms with E-state index in [0.29, 0.717) is 22.3 Å². The Morgan fingerprint density at radius 2 is 2.25 bits per heavy atom. The number of thiocarbonyl (C=S) groups is 1. The molecule has 1 amide bonds. The van der Waals surface area contributed by atoms with Crippen molar-refractivity contribution < 1.29 is 4.79 Å². The Hall–Kier alpha value is -1.53. The normalized spacial score (nSPS) is 19.9. The van der Waals surface area contributed by atoms with Gasteiger partial charge in [0.25, 0.3) is 5.91 Å². The Labute approximate surface area is 124 Å². The van der Waals surface area contributed by atoms with Crippen molar-refractivity contribution in [2.24, 2.45) is 5.73 Å². The second-order valence-electron chi connectivity index (χ2n) is 5.09. The molecule has 6 heteroatoms. The van der Waals surface area contributed by atoms with Crippen molar-refractivity contribution in [3.8, 4) is 0 Å². The van der Waals surface area contributed by atoms with Gasteiger partial charge >= 0.3 is 0 Å². The highest BCUT2D eigenvalue weighted by molar-refractivity contribution is 7.80. The number of carbonyl (C=O) groups excluding carboxylic acids is 1. The average Bonchev–Trinajstić information content (AvgIpc) is 2.47. The van der Waals surface area contributed by atoms with Crippen LogP contribution in [0.4, 0.5) is 0 Å². The van der Waals surface area contributed by atoms with Crippen molar-refractivity contribution in [2.45, 2.75) is 19.4 Å². The van der Waals surface area contributed by atoms with E-state index < -0.39 is 0 Å². The Morgan fingerprint density at radius 3 is 2.80 bits per heavy atom. The lowest BCUT2D eigenvalue weighted by molar-refractivity contribution is 0.0536. The van der Waals surface area contributed by atoms with E-state index in [2.05, 4.69) is 23.9 Å². The third kappa shape index (κ3) is 3.13. The zero-order valence-corrected chi connectivity index (χ0v) is 12.7. The van der Waals surface area contributed by atoms with Crippen molar-refractivity contribution >= 4 is 23.1 Å². The van der Waals surface area contributed by atoms with Gasteiger partial charge in [-0.3, -0.25) is 14.7 Å². The number of hydrogen-bond donors (Lipinski definition) is 1. The molecule has 1 fully saturated rings. The molecule has 2 rings (SSSR count). The van der Waals surface area contributed by atoms with Gasteiger partial charge in [-0.05, 0) is 25.6 Å². The van der Waals surface area contributed by atoms with Gasteiger partial charge < -0.3 is 10.6 Å². The number of hydrogen-bond acceptors (Lipinski definition) is 4. The van der Waals surface area contributed by atoms with Crippen LogP contribution >= 0.6 is 12.2 Å². The third-order valence-corrected chi connectivity index (χ3v) is 4.04. The Bertz CT molecular complexity index is 502. The number of rotatable bonds is 3. The molecule has 0 aliphatic carbocycles. The molecule has 1 aromatic heterocycles. The number of carbonyl (C=O) groups is 1. The first-order valence-corrected chi connectivity index (χ1v) is 7.19. The van der Waals surface area contributed by atoms with Gasteiger partial charge in [0.1, 0.15) is 10.7 Å². The predicted molar refractivity (Wildman–Crippen MR) is 82.7 cm³/mol. The summed E-state index contributed by atoms with van der Waals surface area (Å²) in [5.41, 5.74) is 6.66. The smallest absolute Gasteiger partial charge is 0.272 e. The molecule has 108 valence electrons. The van der Waals surface area contributed by atoms with Crippen LogP contribution in [-0.4, -0.2) is 58.4 Å². The first kappa shape index (κ1) is 14.9. The molecule has 0 radical (unpaired) electrons. The van der Waals surface area contributed by atoms with Gasteiger partial charge in [0.05, 0.1) is 0 Å². The number of pyridine rings is 1. The standard InChI is InChI=1S/C14H20N4OS/c1-3-11-9-18(7-6-17(11)2)14(19)12-5-4-10(8-16-12)13(15)20/h4-5,8,11H,3,6-7,9H2,1-2H3,(H2,15,20). The Morgan fingerprint density at radius 1 is 1.50 bits per heavy atom. The fraction of sp³-hybridized carbons (Fsp3) is 0.500. The average molecular weight is 292 g/mol. The molecule has 2 N–H and O–H groups in total. The van der Waals surface area contributed by atoms with Crippen molar-refractivity contribution in [1.82, 2.24) is 14.8 Å². The molecule has 1 atom stereocenters. The summed E-state index contributed by atoms with van der Waals surface area (Å²) in [5.74, 6) is -0.0222. The Balaban J connectivity index is 2.09. The highest BCUT2D eigenvalue weighted by Gasteiger charge is 2.27. The molecule has 2 heterocycles. The predicted octanol–water partition coefficient (Wildman–Crippen LogP) is 0.882. The largest absolute Gasteiger partial charge is 0.389 e. The molecular weight excluding hydrogens is 272 g/mol. The molecule has 1 unspecified atom stereocenters. The summed E-state index contributed by atoms with van der Waals surface area (Å²) in [5, 5.41) is 0. The number of amides is 1. The van der Waals surface area contributed by atoms with E-state index in [9.17, 15) is 4.79 Å². The molecule has 0 spiro atoms. The topological polar surface area (TPSA) is 62.5 Å². The molecule has 0 saturated carbocycles. The summed E-state index contributed by atoms with van der Waals surface area (Å²) < 4.78 is 0. The zero-order chi connectivity index (χ0) is 14.7. The summed E-state index contributed by atoms with van der Waals surface area (Å²) in [7, 11) is 2.10. The van der Waals surface area contributed by atoms with Gasteiger partial charge in [0.2, 0.25) is 0 Å². The number of nitrogens with two attached hydrogens (primary N) is 1. The van der Waals surface area contributed by atoms with Gasteiger partial charge in [0, 0.05) is 37.4 Å². The van der Waals surface area contributed by atoms with Crippen molar-refractivity contribution in [3.05, 3.63) is 29.6 Å². The van der Waals surface area contributed by atoms with Crippen LogP contribution in [0.15, 0.2) is 18.3 Å². The summed E-state index contributed by atoms with van der Waals surface area (Å²) in [4.78, 5) is 21.1. The van der Waals surface area contributed by atoms with E-state index >= 15 is 0 Å². The highest BCUT2D eigenvalue weighted by Crippen LogP contribution is 2.13. The first-order chi connectivity index (χ1) is 9.52. The molecule has 1 saturated heterocycles. The van der Waals surface area contributed by atoms with E-state index in [1.165, 1.54) is 0 Å². The summed E-state index contributed by atoms with van der Waals surface area (Å²) in [6.45, 7) is 4.54. The molecule has 1 aromatic rings. The van der Waals surface area contributed by atoms with E-state index in [-0.39, 0.29) is 5.91 Å². The van der Waals surface area contributed by atoms with Crippen molar-refractivity contribution in [1.29, 1.82) is 0 Å². The van der Waals surface area contributed by atoms with E-state index in [1.807, 2.05) is 4.90 Å². The maximum Gasteiger partial charge on any atom is 0.272 e. The summed E-state index contributed by atoms with van der Waals surface area (Å²) in [6.07, 6.45) is 2.59. The lowest BCUT2D eigenvalue weighted by Gasteiger charge is -2.38. The van der Waals surface area contributed by atoms with Crippen LogP contribution in [0.5, 0.6) is 0 Å². The second-order valence-corrected chi connectivity index (χ2v) is 5.53. The fourth-order valence-corrected chi connectivity index (χ4v) is 2.52. The maximum atomic E-state index is 12.4. The van der Waals surface area contributed by atoms with E-state index in [0.717, 1.165) is 26.1 Å². The summed E-state index contributed by atoms with van der Waals surface area (Å²) >= 11 is 4.88. The quantitative estimate of drug-likeness (QED) is 0.838. The van der Waals surface area contributed by atoms with Gasteiger partial charge in [-0.15, -0.1) is 0 Å². The number of likely N-dealkylation sites (N-methyl/N-ethyl adjacent to an activating group) is 1. The van der Waals surface area contributed by atoms with Gasteiger partial charge in [-0.2, -0.15) is 0 Å². The minimum atomic E-state index is -0.0222. The fourth-order valence-electron chi connectivity index (χ4n) is 2.40. The lowest BCUT2D eigenvalue weighted by atomic mass is 10.1. The molecule has 1 aliphatic rings. The van der Waals surface area contributed by atoms with Crippen LogP contribution < -0.4 is 5.73 Å². The van der Waals surface area contributed by atoms with Crippen molar-refractivity contribution in [2.75, 3.05) is 26.7 Å². The molecule has 5 nitrogen and oxygen atoms in total. The number of aromatic nitrogens is 1. The van der Waals surface area contributed by atoms with Crippen LogP contribution in [0, 0.1) is 0 Å². The SMILES string of the molecule is CCC1CN(C(=O)c2ccc(C(N)=S)cn2)CCN1C. The monoisotopic (exact) mass is 292 g/mol. The molecular formula is C14H20N4OS. The molecule has 20 heavy (non-hydrogen) atoms. The summed E-state index contributed by atoms with van der Waals surface area (Å²) in [6, 6.07) is 3.86. The Kier molecular flexibility index (Phi) is 4.67.